The Kier molecular flexibility index (Phi) is 8.48. The van der Waals surface area contributed by atoms with Crippen LogP contribution >= 0.6 is 0 Å². The van der Waals surface area contributed by atoms with Gasteiger partial charge >= 0.3 is 0 Å². The monoisotopic (exact) mass is 564 g/mol. The van der Waals surface area contributed by atoms with Crippen LogP contribution in [0.3, 0.4) is 0 Å². The van der Waals surface area contributed by atoms with Crippen molar-refractivity contribution < 1.29 is 23.4 Å². The van der Waals surface area contributed by atoms with Crippen molar-refractivity contribution in [2.24, 2.45) is 5.73 Å². The van der Waals surface area contributed by atoms with Gasteiger partial charge in [-0.1, -0.05) is 6.07 Å². The first kappa shape index (κ1) is 28.5. The number of nitrogens with two attached hydrogens (primary N) is 1. The Bertz CT molecular complexity index is 1530. The first-order chi connectivity index (χ1) is 19.8. The smallest absolute Gasteiger partial charge is 0.250 e. The molecule has 5 rings (SSSR count). The molecule has 41 heavy (non-hydrogen) atoms. The van der Waals surface area contributed by atoms with Crippen molar-refractivity contribution in [3.63, 3.8) is 0 Å². The number of aliphatic hydroxyl groups excluding tert-OH is 1. The number of aromatic amines is 1. The molecular formula is C30H34F2N6O3. The van der Waals surface area contributed by atoms with E-state index in [1.165, 1.54) is 0 Å². The van der Waals surface area contributed by atoms with Gasteiger partial charge in [0.2, 0.25) is 0 Å². The van der Waals surface area contributed by atoms with Gasteiger partial charge in [-0.15, -0.1) is 0 Å². The largest absolute Gasteiger partial charge is 0.385 e. The van der Waals surface area contributed by atoms with E-state index in [9.17, 15) is 18.7 Å². The van der Waals surface area contributed by atoms with Crippen LogP contribution in [0.15, 0.2) is 48.5 Å². The predicted octanol–water partition coefficient (Wildman–Crippen LogP) is 3.89. The van der Waals surface area contributed by atoms with E-state index in [-0.39, 0.29) is 5.56 Å². The molecule has 0 saturated carbocycles. The van der Waals surface area contributed by atoms with E-state index < -0.39 is 23.6 Å². The van der Waals surface area contributed by atoms with Crippen LogP contribution in [0.4, 0.5) is 20.2 Å². The summed E-state index contributed by atoms with van der Waals surface area (Å²) < 4.78 is 33.0. The highest BCUT2D eigenvalue weighted by molar-refractivity contribution is 6.08. The van der Waals surface area contributed by atoms with Crippen molar-refractivity contribution in [2.75, 3.05) is 63.7 Å². The number of aromatic nitrogens is 2. The maximum atomic E-state index is 13.9. The first-order valence-corrected chi connectivity index (χ1v) is 13.5. The van der Waals surface area contributed by atoms with Gasteiger partial charge in [0.1, 0.15) is 23.4 Å². The molecule has 1 amide bonds. The van der Waals surface area contributed by atoms with Crippen molar-refractivity contribution >= 4 is 28.2 Å². The van der Waals surface area contributed by atoms with Crippen molar-refractivity contribution in [2.45, 2.75) is 12.5 Å². The van der Waals surface area contributed by atoms with Crippen LogP contribution in [-0.2, 0) is 4.74 Å². The summed E-state index contributed by atoms with van der Waals surface area (Å²) in [6, 6.07) is 11.8. The molecule has 1 aromatic heterocycles. The lowest BCUT2D eigenvalue weighted by molar-refractivity contribution is 0.100. The summed E-state index contributed by atoms with van der Waals surface area (Å²) in [6.45, 7) is 4.37. The third-order valence-electron chi connectivity index (χ3n) is 7.46. The van der Waals surface area contributed by atoms with Gasteiger partial charge < -0.3 is 30.7 Å². The number of hydrogen-bond donors (Lipinski definition) is 4. The number of aliphatic hydroxyl groups is 1. The number of benzene rings is 3. The second kappa shape index (κ2) is 12.2. The second-order valence-electron chi connectivity index (χ2n) is 10.3. The number of nitrogens with zero attached hydrogens (tertiary/aromatic N) is 3. The molecular weight excluding hydrogens is 530 g/mol. The number of rotatable bonds is 10. The first-order valence-electron chi connectivity index (χ1n) is 13.5. The van der Waals surface area contributed by atoms with E-state index in [0.717, 1.165) is 50.1 Å². The number of anilines is 2. The number of methoxy groups -OCH3 is 1. The molecule has 2 heterocycles. The van der Waals surface area contributed by atoms with E-state index in [0.29, 0.717) is 58.5 Å². The Morgan fingerprint density at radius 2 is 1.83 bits per heavy atom. The maximum absolute atomic E-state index is 13.9. The van der Waals surface area contributed by atoms with Gasteiger partial charge in [0.15, 0.2) is 0 Å². The molecule has 0 aliphatic carbocycles. The molecule has 1 fully saturated rings. The molecule has 4 aromatic rings. The molecule has 5 N–H and O–H groups in total. The van der Waals surface area contributed by atoms with Gasteiger partial charge in [0, 0.05) is 63.6 Å². The van der Waals surface area contributed by atoms with Gasteiger partial charge in [0.25, 0.3) is 5.91 Å². The van der Waals surface area contributed by atoms with Gasteiger partial charge in [0.05, 0.1) is 22.3 Å². The van der Waals surface area contributed by atoms with Crippen LogP contribution in [0.5, 0.6) is 0 Å². The second-order valence-corrected chi connectivity index (χ2v) is 10.3. The number of carbonyl (C=O) groups excluding carboxylic acids is 1. The molecule has 1 aliphatic heterocycles. The standard InChI is InChI=1S/C30H34F2N6O3/c1-37-9-11-38(12-10-37)25-7-5-22(30(33)40)27(34-8-3-13-41-2)26(25)28-23-16-18(4-6-24(23)35-36-28)29(39)19-14-20(31)17-21(32)15-19/h4-7,14-17,29,34,39H,3,8-13H2,1-2H3,(H2,33,40)(H,35,36). The fraction of sp³-hybridized carbons (Fsp3) is 0.333. The lowest BCUT2D eigenvalue weighted by atomic mass is 9.95. The molecule has 0 bridgehead atoms. The number of H-pyrrole nitrogens is 1. The molecule has 216 valence electrons. The molecule has 1 saturated heterocycles. The zero-order valence-electron chi connectivity index (χ0n) is 23.1. The Hall–Kier alpha value is -4.06. The molecule has 11 heteroatoms. The average Bonchev–Trinajstić information content (AvgIpc) is 3.37. The Balaban J connectivity index is 1.67. The molecule has 3 aromatic carbocycles. The van der Waals surface area contributed by atoms with Gasteiger partial charge in [-0.25, -0.2) is 8.78 Å². The summed E-state index contributed by atoms with van der Waals surface area (Å²) in [7, 11) is 3.71. The molecule has 1 unspecified atom stereocenters. The van der Waals surface area contributed by atoms with Crippen LogP contribution in [0.25, 0.3) is 22.2 Å². The van der Waals surface area contributed by atoms with Crippen LogP contribution in [0.2, 0.25) is 0 Å². The highest BCUT2D eigenvalue weighted by atomic mass is 19.1. The van der Waals surface area contributed by atoms with Crippen LogP contribution in [0, 0.1) is 11.6 Å². The van der Waals surface area contributed by atoms with Crippen molar-refractivity contribution in [3.8, 4) is 11.3 Å². The summed E-state index contributed by atoms with van der Waals surface area (Å²) in [6.07, 6.45) is -0.567. The number of carbonyl (C=O) groups is 1. The van der Waals surface area contributed by atoms with Crippen molar-refractivity contribution in [1.82, 2.24) is 15.1 Å². The number of likely N-dealkylation sites (N-methyl/N-ethyl adjacent to an activating group) is 1. The van der Waals surface area contributed by atoms with Crippen LogP contribution < -0.4 is 16.0 Å². The number of primary amides is 1. The Labute approximate surface area is 236 Å². The fourth-order valence-electron chi connectivity index (χ4n) is 5.28. The van der Waals surface area contributed by atoms with E-state index in [1.807, 2.05) is 6.07 Å². The SMILES string of the molecule is COCCCNc1c(C(N)=O)ccc(N2CCN(C)CC2)c1-c1n[nH]c2ccc(C(O)c3cc(F)cc(F)c3)cc12. The molecule has 1 atom stereocenters. The van der Waals surface area contributed by atoms with Gasteiger partial charge in [-0.05, 0) is 61.0 Å². The predicted molar refractivity (Wildman–Crippen MR) is 155 cm³/mol. The van der Waals surface area contributed by atoms with E-state index in [2.05, 4.69) is 32.4 Å². The van der Waals surface area contributed by atoms with Gasteiger partial charge in [-0.3, -0.25) is 9.89 Å². The van der Waals surface area contributed by atoms with Crippen molar-refractivity contribution in [1.29, 1.82) is 0 Å². The summed E-state index contributed by atoms with van der Waals surface area (Å²) in [5.41, 5.74) is 10.1. The third-order valence-corrected chi connectivity index (χ3v) is 7.46. The number of nitrogens with one attached hydrogen (secondary N) is 2. The number of hydrogen-bond acceptors (Lipinski definition) is 7. The van der Waals surface area contributed by atoms with E-state index in [1.54, 1.807) is 31.4 Å². The fourth-order valence-corrected chi connectivity index (χ4v) is 5.28. The summed E-state index contributed by atoms with van der Waals surface area (Å²) in [5.74, 6) is -2.11. The number of amides is 1. The van der Waals surface area contributed by atoms with E-state index >= 15 is 0 Å². The third kappa shape index (κ3) is 6.02. The Morgan fingerprint density at radius 1 is 1.10 bits per heavy atom. The average molecular weight is 565 g/mol. The highest BCUT2D eigenvalue weighted by Gasteiger charge is 2.26. The zero-order chi connectivity index (χ0) is 29.1. The molecule has 0 radical (unpaired) electrons. The minimum atomic E-state index is -1.27. The Morgan fingerprint density at radius 3 is 2.51 bits per heavy atom. The minimum absolute atomic E-state index is 0.0984. The minimum Gasteiger partial charge on any atom is -0.385 e. The maximum Gasteiger partial charge on any atom is 0.250 e. The highest BCUT2D eigenvalue weighted by Crippen LogP contribution is 2.42. The van der Waals surface area contributed by atoms with E-state index in [4.69, 9.17) is 10.5 Å². The molecule has 9 nitrogen and oxygen atoms in total. The lowest BCUT2D eigenvalue weighted by Crippen LogP contribution is -2.44. The number of ether oxygens (including phenoxy) is 1. The number of fused-ring (bicyclic) bond motifs is 1. The van der Waals surface area contributed by atoms with Crippen LogP contribution in [0.1, 0.15) is 34.0 Å². The number of halogens is 2. The number of piperazine rings is 1. The normalized spacial score (nSPS) is 14.9. The zero-order valence-corrected chi connectivity index (χ0v) is 23.1. The van der Waals surface area contributed by atoms with Gasteiger partial charge in [-0.2, -0.15) is 5.10 Å². The summed E-state index contributed by atoms with van der Waals surface area (Å²) >= 11 is 0. The molecule has 0 spiro atoms. The van der Waals surface area contributed by atoms with Crippen LogP contribution in [-0.4, -0.2) is 79.6 Å². The quantitative estimate of drug-likeness (QED) is 0.216. The summed E-state index contributed by atoms with van der Waals surface area (Å²) in [4.78, 5) is 17.1. The lowest BCUT2D eigenvalue weighted by Gasteiger charge is -2.35. The van der Waals surface area contributed by atoms with Crippen molar-refractivity contribution in [3.05, 3.63) is 76.9 Å². The summed E-state index contributed by atoms with van der Waals surface area (Å²) in [5, 5.41) is 22.9. The topological polar surface area (TPSA) is 120 Å². The molecule has 1 aliphatic rings.